The summed E-state index contributed by atoms with van der Waals surface area (Å²) in [6, 6.07) is 6.29. The molecule has 1 aromatic carbocycles. The molecule has 4 heterocycles. The van der Waals surface area contributed by atoms with E-state index in [1.165, 1.54) is 11.3 Å². The van der Waals surface area contributed by atoms with Gasteiger partial charge in [-0.05, 0) is 49.6 Å². The number of morpholine rings is 1. The summed E-state index contributed by atoms with van der Waals surface area (Å²) in [6.45, 7) is 6.61. The summed E-state index contributed by atoms with van der Waals surface area (Å²) in [4.78, 5) is 30.4. The third kappa shape index (κ3) is 4.51. The summed E-state index contributed by atoms with van der Waals surface area (Å²) in [5.41, 5.74) is 2.81. The summed E-state index contributed by atoms with van der Waals surface area (Å²) in [7, 11) is 0. The van der Waals surface area contributed by atoms with E-state index in [1.807, 2.05) is 12.3 Å². The molecule has 0 saturated carbocycles. The van der Waals surface area contributed by atoms with E-state index in [0.717, 1.165) is 73.8 Å². The second-order valence-electron chi connectivity index (χ2n) is 8.17. The molecule has 2 fully saturated rings. The number of thiazole rings is 1. The minimum Gasteiger partial charge on any atom is -0.378 e. The second kappa shape index (κ2) is 9.17. The van der Waals surface area contributed by atoms with Gasteiger partial charge >= 0.3 is 0 Å². The van der Waals surface area contributed by atoms with Gasteiger partial charge in [-0.25, -0.2) is 9.97 Å². The maximum Gasteiger partial charge on any atom is 0.280 e. The van der Waals surface area contributed by atoms with Gasteiger partial charge in [0.25, 0.3) is 5.91 Å². The third-order valence-electron chi connectivity index (χ3n) is 5.88. The van der Waals surface area contributed by atoms with Crippen molar-refractivity contribution in [2.24, 2.45) is 0 Å². The first-order chi connectivity index (χ1) is 15.6. The number of carbonyl (C=O) groups excluding carboxylic acids is 1. The average Bonchev–Trinajstić information content (AvgIpc) is 3.25. The number of nitrogens with one attached hydrogen (secondary N) is 1. The van der Waals surface area contributed by atoms with Crippen molar-refractivity contribution >= 4 is 51.3 Å². The van der Waals surface area contributed by atoms with Gasteiger partial charge in [0.1, 0.15) is 5.82 Å². The van der Waals surface area contributed by atoms with Crippen molar-refractivity contribution in [2.75, 3.05) is 49.2 Å². The highest BCUT2D eigenvalue weighted by Gasteiger charge is 2.25. The van der Waals surface area contributed by atoms with E-state index >= 15 is 0 Å². The van der Waals surface area contributed by atoms with Crippen LogP contribution in [-0.2, 0) is 4.74 Å². The number of piperidine rings is 1. The Bertz CT molecular complexity index is 1130. The van der Waals surface area contributed by atoms with Crippen molar-refractivity contribution in [3.63, 3.8) is 0 Å². The first-order valence-corrected chi connectivity index (χ1v) is 12.1. The molecule has 1 N–H and O–H groups in total. The van der Waals surface area contributed by atoms with Crippen LogP contribution in [0, 0.1) is 6.92 Å². The van der Waals surface area contributed by atoms with Gasteiger partial charge in [0.05, 0.1) is 18.7 Å². The van der Waals surface area contributed by atoms with Crippen molar-refractivity contribution in [1.82, 2.24) is 20.3 Å². The molecule has 0 bridgehead atoms. The summed E-state index contributed by atoms with van der Waals surface area (Å²) in [6.07, 6.45) is 1.88. The molecule has 2 saturated heterocycles. The van der Waals surface area contributed by atoms with Crippen LogP contribution in [0.25, 0.3) is 10.9 Å². The number of halogens is 1. The summed E-state index contributed by atoms with van der Waals surface area (Å²) in [5.74, 6) is 0.702. The number of hydrogen-bond donors (Lipinski definition) is 1. The lowest BCUT2D eigenvalue weighted by atomic mass is 10.0. The molecular weight excluding hydrogens is 448 g/mol. The normalized spacial score (nSPS) is 19.4. The topological polar surface area (TPSA) is 83.5 Å². The zero-order valence-corrected chi connectivity index (χ0v) is 19.5. The summed E-state index contributed by atoms with van der Waals surface area (Å²) >= 11 is 7.70. The lowest BCUT2D eigenvalue weighted by Crippen LogP contribution is -2.48. The van der Waals surface area contributed by atoms with Crippen LogP contribution in [-0.4, -0.2) is 66.3 Å². The van der Waals surface area contributed by atoms with Crippen LogP contribution in [0.5, 0.6) is 0 Å². The van der Waals surface area contributed by atoms with Crippen molar-refractivity contribution < 1.29 is 9.53 Å². The van der Waals surface area contributed by atoms with E-state index in [-0.39, 0.29) is 17.2 Å². The Morgan fingerprint density at radius 2 is 2.03 bits per heavy atom. The molecule has 32 heavy (non-hydrogen) atoms. The van der Waals surface area contributed by atoms with E-state index in [0.29, 0.717) is 11.6 Å². The van der Waals surface area contributed by atoms with Gasteiger partial charge in [0.15, 0.2) is 5.01 Å². The second-order valence-corrected chi connectivity index (χ2v) is 9.37. The highest BCUT2D eigenvalue weighted by atomic mass is 35.5. The predicted octanol–water partition coefficient (Wildman–Crippen LogP) is 3.28. The first kappa shape index (κ1) is 21.4. The average molecular weight is 473 g/mol. The summed E-state index contributed by atoms with van der Waals surface area (Å²) in [5, 5.41) is 6.73. The first-order valence-electron chi connectivity index (χ1n) is 10.8. The Morgan fingerprint density at radius 1 is 1.19 bits per heavy atom. The van der Waals surface area contributed by atoms with E-state index < -0.39 is 0 Å². The van der Waals surface area contributed by atoms with Crippen molar-refractivity contribution in [3.8, 4) is 0 Å². The molecule has 2 aromatic heterocycles. The zero-order valence-electron chi connectivity index (χ0n) is 17.9. The van der Waals surface area contributed by atoms with E-state index in [2.05, 4.69) is 48.3 Å². The Morgan fingerprint density at radius 3 is 2.81 bits per heavy atom. The van der Waals surface area contributed by atoms with Crippen LogP contribution in [0.4, 0.5) is 11.5 Å². The molecule has 2 aliphatic rings. The molecule has 8 nitrogen and oxygen atoms in total. The smallest absolute Gasteiger partial charge is 0.280 e. The fraction of sp³-hybridized carbons (Fsp3) is 0.455. The van der Waals surface area contributed by atoms with Gasteiger partial charge in [-0.1, -0.05) is 0 Å². The van der Waals surface area contributed by atoms with Crippen LogP contribution < -0.4 is 15.1 Å². The van der Waals surface area contributed by atoms with Gasteiger partial charge < -0.3 is 19.9 Å². The standard InChI is InChI=1S/C22H25ClN6O2S/c1-14-13-32-21(24-14)20(30)25-15-3-2-6-29(12-15)19-17-5-4-16(28-7-9-31-10-8-28)11-18(17)26-22(23)27-19/h4-5,11,13,15H,2-3,6-10,12H2,1H3,(H,25,30). The molecule has 5 rings (SSSR count). The molecule has 1 amide bonds. The molecule has 0 aliphatic carbocycles. The minimum absolute atomic E-state index is 0.0249. The minimum atomic E-state index is -0.115. The third-order valence-corrected chi connectivity index (χ3v) is 7.01. The fourth-order valence-electron chi connectivity index (χ4n) is 4.33. The molecule has 0 spiro atoms. The van der Waals surface area contributed by atoms with Crippen LogP contribution in [0.1, 0.15) is 28.3 Å². The molecule has 1 unspecified atom stereocenters. The Labute approximate surface area is 195 Å². The van der Waals surface area contributed by atoms with Crippen LogP contribution >= 0.6 is 22.9 Å². The monoisotopic (exact) mass is 472 g/mol. The number of aromatic nitrogens is 3. The highest BCUT2D eigenvalue weighted by Crippen LogP contribution is 2.31. The Balaban J connectivity index is 1.37. The largest absolute Gasteiger partial charge is 0.378 e. The number of hydrogen-bond acceptors (Lipinski definition) is 8. The van der Waals surface area contributed by atoms with E-state index in [9.17, 15) is 4.79 Å². The number of rotatable bonds is 4. The number of benzene rings is 1. The maximum atomic E-state index is 12.6. The maximum absolute atomic E-state index is 12.6. The van der Waals surface area contributed by atoms with Gasteiger partial charge in [0.2, 0.25) is 5.28 Å². The number of anilines is 2. The molecule has 3 aromatic rings. The number of carbonyl (C=O) groups is 1. The molecule has 168 valence electrons. The SMILES string of the molecule is Cc1csc(C(=O)NC2CCCN(c3nc(Cl)nc4cc(N5CCOCC5)ccc34)C2)n1. The number of aryl methyl sites for hydroxylation is 1. The molecule has 1 atom stereocenters. The van der Waals surface area contributed by atoms with Crippen molar-refractivity contribution in [2.45, 2.75) is 25.8 Å². The number of amides is 1. The van der Waals surface area contributed by atoms with Crippen molar-refractivity contribution in [3.05, 3.63) is 39.6 Å². The lowest BCUT2D eigenvalue weighted by molar-refractivity contribution is 0.0932. The van der Waals surface area contributed by atoms with Gasteiger partial charge in [-0.3, -0.25) is 4.79 Å². The van der Waals surface area contributed by atoms with Crippen LogP contribution in [0.2, 0.25) is 5.28 Å². The number of fused-ring (bicyclic) bond motifs is 1. The molecule has 2 aliphatic heterocycles. The van der Waals surface area contributed by atoms with E-state index in [1.54, 1.807) is 0 Å². The van der Waals surface area contributed by atoms with Gasteiger partial charge in [0, 0.05) is 54.4 Å². The fourth-order valence-corrected chi connectivity index (χ4v) is 5.19. The summed E-state index contributed by atoms with van der Waals surface area (Å²) < 4.78 is 5.46. The zero-order chi connectivity index (χ0) is 22.1. The predicted molar refractivity (Wildman–Crippen MR) is 127 cm³/mol. The van der Waals surface area contributed by atoms with Crippen molar-refractivity contribution in [1.29, 1.82) is 0 Å². The van der Waals surface area contributed by atoms with E-state index in [4.69, 9.17) is 16.3 Å². The van der Waals surface area contributed by atoms with Gasteiger partial charge in [-0.2, -0.15) is 4.98 Å². The Kier molecular flexibility index (Phi) is 6.12. The van der Waals surface area contributed by atoms with Crippen LogP contribution in [0.3, 0.4) is 0 Å². The molecular formula is C22H25ClN6O2S. The lowest BCUT2D eigenvalue weighted by Gasteiger charge is -2.34. The number of nitrogens with zero attached hydrogens (tertiary/aromatic N) is 5. The van der Waals surface area contributed by atoms with Crippen LogP contribution in [0.15, 0.2) is 23.6 Å². The Hall–Kier alpha value is -2.49. The highest BCUT2D eigenvalue weighted by molar-refractivity contribution is 7.11. The molecule has 10 heteroatoms. The number of ether oxygens (including phenoxy) is 1. The van der Waals surface area contributed by atoms with Gasteiger partial charge in [-0.15, -0.1) is 11.3 Å². The quantitative estimate of drug-likeness (QED) is 0.583. The molecule has 0 radical (unpaired) electrons.